The van der Waals surface area contributed by atoms with Crippen LogP contribution in [0.3, 0.4) is 0 Å². The molecule has 2 N–H and O–H groups in total. The number of aromatic nitrogens is 1. The van der Waals surface area contributed by atoms with Gasteiger partial charge in [-0.15, -0.1) is 17.1 Å². The molecule has 10 heteroatoms. The first-order chi connectivity index (χ1) is 12.5. The van der Waals surface area contributed by atoms with Crippen molar-refractivity contribution in [3.05, 3.63) is 35.3 Å². The molecule has 3 amide bonds. The van der Waals surface area contributed by atoms with Crippen molar-refractivity contribution in [1.29, 1.82) is 0 Å². The summed E-state index contributed by atoms with van der Waals surface area (Å²) in [7, 11) is 2.04. The summed E-state index contributed by atoms with van der Waals surface area (Å²) in [4.78, 5) is 32.6. The van der Waals surface area contributed by atoms with E-state index in [2.05, 4.69) is 20.5 Å². The van der Waals surface area contributed by atoms with Crippen molar-refractivity contribution in [1.82, 2.24) is 14.8 Å². The smallest absolute Gasteiger partial charge is 0.872 e. The van der Waals surface area contributed by atoms with Gasteiger partial charge in [0.05, 0.1) is 12.1 Å². The molecule has 3 rings (SSSR count). The molecular formula is C17H20KN5O3S. The van der Waals surface area contributed by atoms with Crippen molar-refractivity contribution in [3.8, 4) is 5.75 Å². The van der Waals surface area contributed by atoms with E-state index in [0.717, 1.165) is 26.2 Å². The predicted octanol–water partition coefficient (Wildman–Crippen LogP) is -1.82. The summed E-state index contributed by atoms with van der Waals surface area (Å²) in [6.07, 6.45) is 0.231. The second kappa shape index (κ2) is 10.5. The first-order valence-corrected chi connectivity index (χ1v) is 9.13. The molecule has 0 spiro atoms. The predicted molar refractivity (Wildman–Crippen MR) is 98.4 cm³/mol. The van der Waals surface area contributed by atoms with E-state index in [9.17, 15) is 14.7 Å². The van der Waals surface area contributed by atoms with Crippen molar-refractivity contribution in [2.24, 2.45) is 0 Å². The van der Waals surface area contributed by atoms with Crippen molar-refractivity contribution in [3.63, 3.8) is 0 Å². The zero-order chi connectivity index (χ0) is 18.5. The average Bonchev–Trinajstić information content (AvgIpc) is 3.04. The van der Waals surface area contributed by atoms with Crippen molar-refractivity contribution < 1.29 is 66.1 Å². The number of thiazole rings is 1. The van der Waals surface area contributed by atoms with Crippen molar-refractivity contribution >= 4 is 34.1 Å². The van der Waals surface area contributed by atoms with Gasteiger partial charge in [-0.05, 0) is 19.2 Å². The van der Waals surface area contributed by atoms with Gasteiger partial charge < -0.3 is 20.2 Å². The molecule has 138 valence electrons. The molecule has 0 bridgehead atoms. The van der Waals surface area contributed by atoms with E-state index in [1.54, 1.807) is 5.38 Å². The Morgan fingerprint density at radius 3 is 2.48 bits per heavy atom. The fraction of sp³-hybridized carbons (Fsp3) is 0.353. The van der Waals surface area contributed by atoms with Crippen LogP contribution in [0.1, 0.15) is 5.69 Å². The van der Waals surface area contributed by atoms with Crippen molar-refractivity contribution in [2.75, 3.05) is 43.9 Å². The van der Waals surface area contributed by atoms with Gasteiger partial charge in [0, 0.05) is 37.2 Å². The second-order valence-electron chi connectivity index (χ2n) is 6.11. The minimum Gasteiger partial charge on any atom is -0.872 e. The Morgan fingerprint density at radius 1 is 1.15 bits per heavy atom. The number of carbonyl (C=O) groups excluding carboxylic acids is 2. The molecule has 1 aliphatic heterocycles. The first kappa shape index (κ1) is 22.3. The number of likely N-dealkylation sites (N-methyl/N-ethyl adjacent to an activating group) is 1. The zero-order valence-electron chi connectivity index (χ0n) is 15.4. The van der Waals surface area contributed by atoms with Crippen LogP contribution < -0.4 is 67.1 Å². The van der Waals surface area contributed by atoms with Crippen LogP contribution in [0.25, 0.3) is 0 Å². The number of urea groups is 1. The van der Waals surface area contributed by atoms with Gasteiger partial charge in [-0.1, -0.05) is 12.1 Å². The fourth-order valence-corrected chi connectivity index (χ4v) is 3.27. The number of piperazine rings is 1. The van der Waals surface area contributed by atoms with Crippen LogP contribution in [0.2, 0.25) is 0 Å². The van der Waals surface area contributed by atoms with Gasteiger partial charge in [0.2, 0.25) is 5.91 Å². The van der Waals surface area contributed by atoms with E-state index in [4.69, 9.17) is 0 Å². The molecule has 1 aliphatic rings. The molecule has 2 heterocycles. The summed E-state index contributed by atoms with van der Waals surface area (Å²) in [5, 5.41) is 18.5. The maximum absolute atomic E-state index is 12.3. The Kier molecular flexibility index (Phi) is 8.67. The third kappa shape index (κ3) is 6.82. The van der Waals surface area contributed by atoms with Gasteiger partial charge in [-0.3, -0.25) is 10.1 Å². The summed E-state index contributed by atoms with van der Waals surface area (Å²) in [6, 6.07) is 5.37. The van der Waals surface area contributed by atoms with Crippen LogP contribution in [0.5, 0.6) is 5.75 Å². The Balaban J connectivity index is 0.00000261. The molecule has 0 saturated carbocycles. The van der Waals surface area contributed by atoms with Gasteiger partial charge in [-0.2, -0.15) is 0 Å². The number of hydrogen-bond donors (Lipinski definition) is 2. The number of nitrogens with zero attached hydrogens (tertiary/aromatic N) is 3. The Labute approximate surface area is 204 Å². The molecule has 0 radical (unpaired) electrons. The summed E-state index contributed by atoms with van der Waals surface area (Å²) in [5.74, 6) is -0.0670. The molecule has 1 fully saturated rings. The summed E-state index contributed by atoms with van der Waals surface area (Å²) < 4.78 is 0. The number of benzene rings is 1. The SMILES string of the molecule is CN1CCN(C(=O)Cc2csc(NC(=O)Nc3ccc([O-])cc3)n2)CC1.[K+]. The summed E-state index contributed by atoms with van der Waals surface area (Å²) in [6.45, 7) is 3.22. The maximum atomic E-state index is 12.3. The summed E-state index contributed by atoms with van der Waals surface area (Å²) in [5.41, 5.74) is 1.16. The molecule has 1 aromatic carbocycles. The van der Waals surface area contributed by atoms with Crippen LogP contribution in [-0.2, 0) is 11.2 Å². The van der Waals surface area contributed by atoms with Gasteiger partial charge in [0.15, 0.2) is 5.13 Å². The number of carbonyl (C=O) groups is 2. The number of amides is 3. The van der Waals surface area contributed by atoms with E-state index in [0.29, 0.717) is 16.5 Å². The van der Waals surface area contributed by atoms with Crippen LogP contribution >= 0.6 is 11.3 Å². The number of hydrogen-bond acceptors (Lipinski definition) is 6. The van der Waals surface area contributed by atoms with Crippen LogP contribution in [0.4, 0.5) is 15.6 Å². The minimum atomic E-state index is -0.449. The standard InChI is InChI=1S/C17H21N5O3S.K/c1-21-6-8-22(9-7-21)15(24)10-13-11-26-17(19-13)20-16(25)18-12-2-4-14(23)5-3-12;/h2-5,11,23H,6-10H2,1H3,(H2,18,19,20,25);/q;+1/p-1. The zero-order valence-corrected chi connectivity index (χ0v) is 19.3. The molecule has 0 aliphatic carbocycles. The van der Waals surface area contributed by atoms with E-state index in [-0.39, 0.29) is 69.5 Å². The largest absolute Gasteiger partial charge is 1.00 e. The van der Waals surface area contributed by atoms with E-state index in [1.165, 1.54) is 35.6 Å². The monoisotopic (exact) mass is 413 g/mol. The molecule has 1 aromatic heterocycles. The average molecular weight is 414 g/mol. The molecule has 2 aromatic rings. The number of anilines is 2. The fourth-order valence-electron chi connectivity index (χ4n) is 2.57. The van der Waals surface area contributed by atoms with E-state index < -0.39 is 6.03 Å². The van der Waals surface area contributed by atoms with Gasteiger partial charge >= 0.3 is 57.4 Å². The van der Waals surface area contributed by atoms with Crippen molar-refractivity contribution in [2.45, 2.75) is 6.42 Å². The van der Waals surface area contributed by atoms with Gasteiger partial charge in [0.25, 0.3) is 0 Å². The number of rotatable bonds is 4. The van der Waals surface area contributed by atoms with E-state index in [1.807, 2.05) is 11.9 Å². The third-order valence-electron chi connectivity index (χ3n) is 4.07. The van der Waals surface area contributed by atoms with Gasteiger partial charge in [-0.25, -0.2) is 9.78 Å². The molecule has 8 nitrogen and oxygen atoms in total. The number of nitrogens with one attached hydrogen (secondary N) is 2. The third-order valence-corrected chi connectivity index (χ3v) is 4.88. The Hall–Kier alpha value is -1.01. The first-order valence-electron chi connectivity index (χ1n) is 8.25. The molecule has 27 heavy (non-hydrogen) atoms. The van der Waals surface area contributed by atoms with Gasteiger partial charge in [0.1, 0.15) is 0 Å². The van der Waals surface area contributed by atoms with Crippen LogP contribution in [-0.4, -0.2) is 59.9 Å². The Morgan fingerprint density at radius 2 is 1.81 bits per heavy atom. The maximum Gasteiger partial charge on any atom is 1.00 e. The minimum absolute atomic E-state index is 0. The molecular weight excluding hydrogens is 393 g/mol. The Bertz CT molecular complexity index is 775. The summed E-state index contributed by atoms with van der Waals surface area (Å²) >= 11 is 1.27. The molecule has 0 atom stereocenters. The second-order valence-corrected chi connectivity index (χ2v) is 6.97. The molecule has 0 unspecified atom stereocenters. The topological polar surface area (TPSA) is 101 Å². The van der Waals surface area contributed by atoms with E-state index >= 15 is 0 Å². The quantitative estimate of drug-likeness (QED) is 0.575. The van der Waals surface area contributed by atoms with Crippen LogP contribution in [0, 0.1) is 0 Å². The normalized spacial score (nSPS) is 14.3. The van der Waals surface area contributed by atoms with Crippen LogP contribution in [0.15, 0.2) is 29.6 Å². The molecule has 1 saturated heterocycles.